The van der Waals surface area contributed by atoms with Crippen molar-refractivity contribution in [1.29, 1.82) is 0 Å². The molecule has 1 unspecified atom stereocenters. The summed E-state index contributed by atoms with van der Waals surface area (Å²) in [5.41, 5.74) is 0.534. The molecule has 0 aliphatic carbocycles. The summed E-state index contributed by atoms with van der Waals surface area (Å²) in [6.07, 6.45) is 3.50. The molecule has 3 rings (SSSR count). The fourth-order valence-corrected chi connectivity index (χ4v) is 3.49. The monoisotopic (exact) mass is 333 g/mol. The number of carbonyl (C=O) groups is 2. The molecule has 1 atom stereocenters. The number of rotatable bonds is 4. The number of thiophene rings is 1. The number of likely N-dealkylation sites (N-methyl/N-ethyl adjacent to an activating group) is 1. The van der Waals surface area contributed by atoms with E-state index in [0.29, 0.717) is 23.2 Å². The predicted molar refractivity (Wildman–Crippen MR) is 89.0 cm³/mol. The molecule has 1 aliphatic rings. The van der Waals surface area contributed by atoms with Crippen LogP contribution in [0.25, 0.3) is 0 Å². The highest BCUT2D eigenvalue weighted by Gasteiger charge is 2.26. The third-order valence-electron chi connectivity index (χ3n) is 3.98. The van der Waals surface area contributed by atoms with Gasteiger partial charge in [-0.2, -0.15) is 0 Å². The van der Waals surface area contributed by atoms with E-state index in [0.717, 1.165) is 19.4 Å². The number of nitrogens with one attached hydrogen (secondary N) is 2. The van der Waals surface area contributed by atoms with Crippen LogP contribution in [-0.2, 0) is 0 Å². The van der Waals surface area contributed by atoms with Crippen LogP contribution in [-0.4, -0.2) is 42.9 Å². The molecule has 122 valence electrons. The molecule has 2 aromatic rings. The van der Waals surface area contributed by atoms with E-state index in [1.807, 2.05) is 17.3 Å². The van der Waals surface area contributed by atoms with E-state index < -0.39 is 0 Å². The van der Waals surface area contributed by atoms with Crippen LogP contribution in [0.4, 0.5) is 5.00 Å². The van der Waals surface area contributed by atoms with Gasteiger partial charge < -0.3 is 20.0 Å². The second kappa shape index (κ2) is 6.97. The fraction of sp³-hybridized carbons (Fsp3) is 0.375. The number of hydrogen-bond acceptors (Lipinski definition) is 5. The van der Waals surface area contributed by atoms with Crippen LogP contribution in [0.3, 0.4) is 0 Å². The van der Waals surface area contributed by atoms with Crippen LogP contribution in [0, 0.1) is 0 Å². The predicted octanol–water partition coefficient (Wildman–Crippen LogP) is 2.42. The maximum Gasteiger partial charge on any atom is 0.291 e. The van der Waals surface area contributed by atoms with Crippen molar-refractivity contribution in [2.45, 2.75) is 18.9 Å². The van der Waals surface area contributed by atoms with Crippen molar-refractivity contribution in [3.63, 3.8) is 0 Å². The van der Waals surface area contributed by atoms with Crippen LogP contribution in [0.5, 0.6) is 0 Å². The van der Waals surface area contributed by atoms with E-state index in [1.54, 1.807) is 18.2 Å². The van der Waals surface area contributed by atoms with Gasteiger partial charge in [-0.3, -0.25) is 9.59 Å². The van der Waals surface area contributed by atoms with Crippen LogP contribution in [0.2, 0.25) is 0 Å². The molecule has 2 aromatic heterocycles. The van der Waals surface area contributed by atoms with Gasteiger partial charge in [0.05, 0.1) is 11.8 Å². The molecule has 23 heavy (non-hydrogen) atoms. The molecule has 1 aliphatic heterocycles. The smallest absolute Gasteiger partial charge is 0.291 e. The van der Waals surface area contributed by atoms with Gasteiger partial charge in [0.1, 0.15) is 5.00 Å². The van der Waals surface area contributed by atoms with E-state index in [-0.39, 0.29) is 17.6 Å². The Morgan fingerprint density at radius 1 is 1.39 bits per heavy atom. The minimum atomic E-state index is -0.349. The topological polar surface area (TPSA) is 74.6 Å². The molecule has 0 aromatic carbocycles. The van der Waals surface area contributed by atoms with Crippen LogP contribution in [0.1, 0.15) is 33.8 Å². The van der Waals surface area contributed by atoms with Crippen LogP contribution >= 0.6 is 11.3 Å². The third kappa shape index (κ3) is 3.46. The molecule has 6 nitrogen and oxygen atoms in total. The average molecular weight is 333 g/mol. The number of amides is 2. The summed E-state index contributed by atoms with van der Waals surface area (Å²) in [6.45, 7) is 1.44. The minimum absolute atomic E-state index is 0.0408. The normalized spacial score (nSPS) is 18.0. The van der Waals surface area contributed by atoms with Crippen molar-refractivity contribution in [2.75, 3.05) is 25.5 Å². The number of hydrogen-bond donors (Lipinski definition) is 2. The lowest BCUT2D eigenvalue weighted by Crippen LogP contribution is -2.47. The fourth-order valence-electron chi connectivity index (χ4n) is 2.71. The summed E-state index contributed by atoms with van der Waals surface area (Å²) in [6, 6.07) is 5.33. The Kier molecular flexibility index (Phi) is 4.78. The molecule has 7 heteroatoms. The van der Waals surface area contributed by atoms with Gasteiger partial charge in [0.25, 0.3) is 11.8 Å². The molecular formula is C16H19N3O3S. The highest BCUT2D eigenvalue weighted by molar-refractivity contribution is 7.14. The zero-order valence-electron chi connectivity index (χ0n) is 12.9. The molecule has 2 N–H and O–H groups in total. The van der Waals surface area contributed by atoms with Gasteiger partial charge in [0.2, 0.25) is 0 Å². The van der Waals surface area contributed by atoms with Crippen molar-refractivity contribution in [3.8, 4) is 0 Å². The maximum absolute atomic E-state index is 12.7. The molecule has 0 radical (unpaired) electrons. The van der Waals surface area contributed by atoms with Gasteiger partial charge in [-0.25, -0.2) is 0 Å². The quantitative estimate of drug-likeness (QED) is 0.901. The lowest BCUT2D eigenvalue weighted by Gasteiger charge is -2.32. The summed E-state index contributed by atoms with van der Waals surface area (Å²) in [5, 5.41) is 8.36. The third-order valence-corrected chi connectivity index (χ3v) is 4.81. The first-order valence-corrected chi connectivity index (χ1v) is 8.46. The summed E-state index contributed by atoms with van der Waals surface area (Å²) >= 11 is 1.34. The van der Waals surface area contributed by atoms with E-state index in [9.17, 15) is 9.59 Å². The molecule has 1 fully saturated rings. The molecule has 1 saturated heterocycles. The van der Waals surface area contributed by atoms with E-state index in [2.05, 4.69) is 10.6 Å². The first kappa shape index (κ1) is 15.8. The Morgan fingerprint density at radius 2 is 2.26 bits per heavy atom. The second-order valence-electron chi connectivity index (χ2n) is 5.47. The second-order valence-corrected chi connectivity index (χ2v) is 6.39. The Labute approximate surface area is 138 Å². The first-order chi connectivity index (χ1) is 11.2. The highest BCUT2D eigenvalue weighted by atomic mass is 32.1. The summed E-state index contributed by atoms with van der Waals surface area (Å²) in [4.78, 5) is 26.7. The number of nitrogens with zero attached hydrogens (tertiary/aromatic N) is 1. The molecule has 0 saturated carbocycles. The van der Waals surface area contributed by atoms with Crippen molar-refractivity contribution in [2.24, 2.45) is 0 Å². The van der Waals surface area contributed by atoms with Crippen LogP contribution < -0.4 is 10.6 Å². The Hall–Kier alpha value is -2.12. The Balaban J connectivity index is 1.72. The van der Waals surface area contributed by atoms with Crippen molar-refractivity contribution in [3.05, 3.63) is 41.2 Å². The molecule has 3 heterocycles. The highest BCUT2D eigenvalue weighted by Crippen LogP contribution is 2.26. The molecular weight excluding hydrogens is 314 g/mol. The van der Waals surface area contributed by atoms with Crippen molar-refractivity contribution in [1.82, 2.24) is 10.2 Å². The summed E-state index contributed by atoms with van der Waals surface area (Å²) in [5.74, 6) is -0.163. The summed E-state index contributed by atoms with van der Waals surface area (Å²) < 4.78 is 5.08. The number of carbonyl (C=O) groups excluding carboxylic acids is 2. The largest absolute Gasteiger partial charge is 0.459 e. The Morgan fingerprint density at radius 3 is 3.00 bits per heavy atom. The summed E-state index contributed by atoms with van der Waals surface area (Å²) in [7, 11) is 1.91. The number of anilines is 1. The van der Waals surface area contributed by atoms with Crippen molar-refractivity contribution < 1.29 is 14.0 Å². The lowest BCUT2D eigenvalue weighted by molar-refractivity contribution is 0.0699. The van der Waals surface area contributed by atoms with E-state index in [1.165, 1.54) is 17.6 Å². The molecule has 0 spiro atoms. The SMILES string of the molecule is CNC1CCCN(C(=O)c2ccsc2NC(=O)c2ccco2)C1. The van der Waals surface area contributed by atoms with Crippen LogP contribution in [0.15, 0.2) is 34.3 Å². The van der Waals surface area contributed by atoms with E-state index in [4.69, 9.17) is 4.42 Å². The van der Waals surface area contributed by atoms with Gasteiger partial charge in [-0.05, 0) is 43.5 Å². The maximum atomic E-state index is 12.7. The Bertz CT molecular complexity index is 681. The minimum Gasteiger partial charge on any atom is -0.459 e. The zero-order valence-corrected chi connectivity index (χ0v) is 13.7. The average Bonchev–Trinajstić information content (AvgIpc) is 3.26. The van der Waals surface area contributed by atoms with Gasteiger partial charge in [-0.1, -0.05) is 0 Å². The lowest BCUT2D eigenvalue weighted by atomic mass is 10.1. The van der Waals surface area contributed by atoms with E-state index >= 15 is 0 Å². The number of likely N-dealkylation sites (tertiary alicyclic amines) is 1. The van der Waals surface area contributed by atoms with Gasteiger partial charge in [0.15, 0.2) is 5.76 Å². The zero-order chi connectivity index (χ0) is 16.2. The molecule has 0 bridgehead atoms. The van der Waals surface area contributed by atoms with Crippen molar-refractivity contribution >= 4 is 28.2 Å². The van der Waals surface area contributed by atoms with Gasteiger partial charge in [0, 0.05) is 19.1 Å². The number of piperidine rings is 1. The van der Waals surface area contributed by atoms with Gasteiger partial charge in [-0.15, -0.1) is 11.3 Å². The molecule has 2 amide bonds. The first-order valence-electron chi connectivity index (χ1n) is 7.58. The van der Waals surface area contributed by atoms with Gasteiger partial charge >= 0.3 is 0 Å². The standard InChI is InChI=1S/C16H19N3O3S/c1-17-11-4-2-7-19(10-11)16(21)12-6-9-23-15(12)18-14(20)13-5-3-8-22-13/h3,5-6,8-9,11,17H,2,4,7,10H2,1H3,(H,18,20). The number of furan rings is 1.